The molecule has 4 rings (SSSR count). The SMILES string of the molecule is CCN(c1ccccc1)C1C(=O)C[C@@](CCc2ccc(O)cc2)(C2CCCC2)OC1=O. The highest BCUT2D eigenvalue weighted by molar-refractivity contribution is 6.08. The molecule has 0 bridgehead atoms. The molecule has 5 nitrogen and oxygen atoms in total. The van der Waals surface area contributed by atoms with E-state index in [-0.39, 0.29) is 23.9 Å². The molecule has 2 fully saturated rings. The Kier molecular flexibility index (Phi) is 6.30. The van der Waals surface area contributed by atoms with Crippen LogP contribution >= 0.6 is 0 Å². The van der Waals surface area contributed by atoms with Gasteiger partial charge in [-0.3, -0.25) is 4.79 Å². The second kappa shape index (κ2) is 9.13. The zero-order valence-electron chi connectivity index (χ0n) is 18.1. The summed E-state index contributed by atoms with van der Waals surface area (Å²) in [5, 5.41) is 9.55. The zero-order chi connectivity index (χ0) is 21.8. The van der Waals surface area contributed by atoms with Crippen molar-refractivity contribution in [2.45, 2.75) is 63.5 Å². The van der Waals surface area contributed by atoms with Crippen molar-refractivity contribution in [1.29, 1.82) is 0 Å². The van der Waals surface area contributed by atoms with E-state index in [4.69, 9.17) is 4.74 Å². The zero-order valence-corrected chi connectivity index (χ0v) is 18.1. The number of phenols is 1. The number of aromatic hydroxyl groups is 1. The number of ketones is 1. The third-order valence-corrected chi connectivity index (χ3v) is 6.92. The molecular formula is C26H31NO4. The van der Waals surface area contributed by atoms with E-state index in [9.17, 15) is 14.7 Å². The first-order valence-corrected chi connectivity index (χ1v) is 11.4. The molecule has 0 amide bonds. The van der Waals surface area contributed by atoms with Crippen LogP contribution in [-0.2, 0) is 20.7 Å². The van der Waals surface area contributed by atoms with Gasteiger partial charge in [-0.05, 0) is 68.4 Å². The standard InChI is InChI=1S/C26H31NO4/c1-2-27(21-10-4-3-5-11-21)24-23(29)18-26(31-25(24)30,20-8-6-7-9-20)17-16-19-12-14-22(28)15-13-19/h3-5,10-15,20,24,28H,2,6-9,16-18H2,1H3/t24?,26-/m0/s1. The number of aryl methyl sites for hydroxylation is 1. The van der Waals surface area contributed by atoms with Crippen LogP contribution in [0.5, 0.6) is 5.75 Å². The lowest BCUT2D eigenvalue weighted by molar-refractivity contribution is -0.181. The van der Waals surface area contributed by atoms with Crippen molar-refractivity contribution in [2.24, 2.45) is 5.92 Å². The van der Waals surface area contributed by atoms with Gasteiger partial charge >= 0.3 is 5.97 Å². The average Bonchev–Trinajstić information content (AvgIpc) is 3.32. The van der Waals surface area contributed by atoms with Gasteiger partial charge in [0.05, 0.1) is 0 Å². The first-order valence-electron chi connectivity index (χ1n) is 11.4. The number of rotatable bonds is 7. The number of esters is 1. The van der Waals surface area contributed by atoms with E-state index >= 15 is 0 Å². The Hall–Kier alpha value is -2.82. The summed E-state index contributed by atoms with van der Waals surface area (Å²) >= 11 is 0. The number of hydrogen-bond donors (Lipinski definition) is 1. The second-order valence-corrected chi connectivity index (χ2v) is 8.80. The first kappa shape index (κ1) is 21.4. The molecule has 164 valence electrons. The maximum Gasteiger partial charge on any atom is 0.337 e. The Morgan fingerprint density at radius 2 is 1.71 bits per heavy atom. The van der Waals surface area contributed by atoms with Gasteiger partial charge in [-0.15, -0.1) is 0 Å². The summed E-state index contributed by atoms with van der Waals surface area (Å²) in [7, 11) is 0. The maximum atomic E-state index is 13.4. The fraction of sp³-hybridized carbons (Fsp3) is 0.462. The van der Waals surface area contributed by atoms with Gasteiger partial charge in [0.15, 0.2) is 11.8 Å². The Balaban J connectivity index is 1.57. The molecule has 1 aliphatic carbocycles. The molecule has 2 aromatic rings. The van der Waals surface area contributed by atoms with Crippen molar-refractivity contribution in [3.05, 3.63) is 60.2 Å². The fourth-order valence-corrected chi connectivity index (χ4v) is 5.29. The molecule has 1 N–H and O–H groups in total. The highest BCUT2D eigenvalue weighted by atomic mass is 16.6. The number of cyclic esters (lactones) is 1. The van der Waals surface area contributed by atoms with Gasteiger partial charge in [0.25, 0.3) is 0 Å². The van der Waals surface area contributed by atoms with Crippen LogP contribution < -0.4 is 4.90 Å². The third kappa shape index (κ3) is 4.46. The molecule has 0 aromatic heterocycles. The number of nitrogens with zero attached hydrogens (tertiary/aromatic N) is 1. The molecule has 2 aromatic carbocycles. The summed E-state index contributed by atoms with van der Waals surface area (Å²) in [5.41, 5.74) is 1.20. The van der Waals surface area contributed by atoms with E-state index in [0.29, 0.717) is 19.4 Å². The lowest BCUT2D eigenvalue weighted by Crippen LogP contribution is -2.59. The van der Waals surface area contributed by atoms with Gasteiger partial charge < -0.3 is 14.7 Å². The third-order valence-electron chi connectivity index (χ3n) is 6.92. The van der Waals surface area contributed by atoms with Crippen molar-refractivity contribution >= 4 is 17.4 Å². The molecule has 1 heterocycles. The minimum absolute atomic E-state index is 0.0421. The molecule has 1 saturated carbocycles. The van der Waals surface area contributed by atoms with Gasteiger partial charge in [-0.1, -0.05) is 43.2 Å². The normalized spacial score (nSPS) is 24.2. The van der Waals surface area contributed by atoms with Gasteiger partial charge in [-0.25, -0.2) is 4.79 Å². The Labute approximate surface area is 184 Å². The summed E-state index contributed by atoms with van der Waals surface area (Å²) in [6, 6.07) is 15.8. The monoisotopic (exact) mass is 421 g/mol. The van der Waals surface area contributed by atoms with Gasteiger partial charge in [0.1, 0.15) is 11.4 Å². The predicted molar refractivity (Wildman–Crippen MR) is 120 cm³/mol. The number of benzene rings is 2. The number of carbonyl (C=O) groups excluding carboxylic acids is 2. The van der Waals surface area contributed by atoms with Crippen LogP contribution in [0.4, 0.5) is 5.69 Å². The minimum atomic E-state index is -0.879. The number of ether oxygens (including phenoxy) is 1. The number of anilines is 1. The van der Waals surface area contributed by atoms with E-state index in [2.05, 4.69) is 0 Å². The van der Waals surface area contributed by atoms with Crippen LogP contribution in [0.15, 0.2) is 54.6 Å². The highest BCUT2D eigenvalue weighted by Gasteiger charge is 2.52. The second-order valence-electron chi connectivity index (χ2n) is 8.80. The average molecular weight is 422 g/mol. The van der Waals surface area contributed by atoms with Crippen molar-refractivity contribution in [3.8, 4) is 5.75 Å². The van der Waals surface area contributed by atoms with Crippen LogP contribution in [0.25, 0.3) is 0 Å². The van der Waals surface area contributed by atoms with Gasteiger partial charge in [0, 0.05) is 18.7 Å². The van der Waals surface area contributed by atoms with Gasteiger partial charge in [-0.2, -0.15) is 0 Å². The van der Waals surface area contributed by atoms with E-state index in [1.54, 1.807) is 12.1 Å². The molecule has 2 atom stereocenters. The fourth-order valence-electron chi connectivity index (χ4n) is 5.29. The highest BCUT2D eigenvalue weighted by Crippen LogP contribution is 2.44. The molecule has 0 spiro atoms. The van der Waals surface area contributed by atoms with Crippen LogP contribution in [0.3, 0.4) is 0 Å². The number of hydrogen-bond acceptors (Lipinski definition) is 5. The number of phenolic OH excluding ortho intramolecular Hbond substituents is 1. The summed E-state index contributed by atoms with van der Waals surface area (Å²) in [6.45, 7) is 2.51. The van der Waals surface area contributed by atoms with Crippen molar-refractivity contribution < 1.29 is 19.4 Å². The summed E-state index contributed by atoms with van der Waals surface area (Å²) < 4.78 is 6.24. The topological polar surface area (TPSA) is 66.8 Å². The Morgan fingerprint density at radius 1 is 1.03 bits per heavy atom. The maximum absolute atomic E-state index is 13.4. The van der Waals surface area contributed by atoms with E-state index in [0.717, 1.165) is 36.9 Å². The number of para-hydroxylation sites is 1. The van der Waals surface area contributed by atoms with Crippen LogP contribution in [-0.4, -0.2) is 35.0 Å². The summed E-state index contributed by atoms with van der Waals surface area (Å²) in [5.74, 6) is 0.00123. The lowest BCUT2D eigenvalue weighted by Gasteiger charge is -2.45. The summed E-state index contributed by atoms with van der Waals surface area (Å²) in [6.07, 6.45) is 5.84. The number of likely N-dealkylation sites (N-methyl/N-ethyl adjacent to an activating group) is 1. The van der Waals surface area contributed by atoms with Crippen molar-refractivity contribution in [3.63, 3.8) is 0 Å². The molecule has 5 heteroatoms. The molecule has 1 unspecified atom stereocenters. The van der Waals surface area contributed by atoms with E-state index in [1.807, 2.05) is 54.3 Å². The molecule has 31 heavy (non-hydrogen) atoms. The smallest absolute Gasteiger partial charge is 0.337 e. The number of Topliss-reactive ketones (excluding diaryl/α,β-unsaturated/α-hetero) is 1. The molecule has 1 aliphatic heterocycles. The predicted octanol–water partition coefficient (Wildman–Crippen LogP) is 4.66. The van der Waals surface area contributed by atoms with E-state index < -0.39 is 17.6 Å². The number of carbonyl (C=O) groups is 2. The largest absolute Gasteiger partial charge is 0.508 e. The van der Waals surface area contributed by atoms with Crippen molar-refractivity contribution in [1.82, 2.24) is 0 Å². The first-order chi connectivity index (χ1) is 15.0. The Bertz CT molecular complexity index is 885. The Morgan fingerprint density at radius 3 is 2.32 bits per heavy atom. The van der Waals surface area contributed by atoms with Crippen LogP contribution in [0, 0.1) is 5.92 Å². The van der Waals surface area contributed by atoms with Gasteiger partial charge in [0.2, 0.25) is 0 Å². The molecule has 0 radical (unpaired) electrons. The van der Waals surface area contributed by atoms with Crippen molar-refractivity contribution in [2.75, 3.05) is 11.4 Å². The van der Waals surface area contributed by atoms with E-state index in [1.165, 1.54) is 0 Å². The molecule has 2 aliphatic rings. The molecule has 1 saturated heterocycles. The quantitative estimate of drug-likeness (QED) is 0.520. The lowest BCUT2D eigenvalue weighted by atomic mass is 9.75. The summed E-state index contributed by atoms with van der Waals surface area (Å²) in [4.78, 5) is 28.6. The minimum Gasteiger partial charge on any atom is -0.508 e. The van der Waals surface area contributed by atoms with Crippen LogP contribution in [0.2, 0.25) is 0 Å². The molecular weight excluding hydrogens is 390 g/mol. The van der Waals surface area contributed by atoms with Crippen LogP contribution in [0.1, 0.15) is 51.0 Å².